The number of rotatable bonds is 2. The fourth-order valence-corrected chi connectivity index (χ4v) is 2.30. The van der Waals surface area contributed by atoms with Crippen molar-refractivity contribution in [1.82, 2.24) is 5.32 Å². The highest BCUT2D eigenvalue weighted by Gasteiger charge is 2.31. The normalized spacial score (nSPS) is 19.8. The fourth-order valence-electron chi connectivity index (χ4n) is 2.17. The highest BCUT2D eigenvalue weighted by atomic mass is 35.5. The molecule has 0 aromatic heterocycles. The van der Waals surface area contributed by atoms with Gasteiger partial charge in [0.05, 0.1) is 0 Å². The van der Waals surface area contributed by atoms with Crippen LogP contribution >= 0.6 is 11.6 Å². The van der Waals surface area contributed by atoms with Gasteiger partial charge in [-0.15, -0.1) is 0 Å². The van der Waals surface area contributed by atoms with Crippen molar-refractivity contribution < 1.29 is 0 Å². The van der Waals surface area contributed by atoms with Crippen LogP contribution in [0.3, 0.4) is 0 Å². The summed E-state index contributed by atoms with van der Waals surface area (Å²) >= 11 is 5.87. The third-order valence-electron chi connectivity index (χ3n) is 3.19. The maximum absolute atomic E-state index is 7.65. The van der Waals surface area contributed by atoms with E-state index in [2.05, 4.69) is 5.32 Å². The van der Waals surface area contributed by atoms with Gasteiger partial charge in [0, 0.05) is 16.7 Å². The summed E-state index contributed by atoms with van der Waals surface area (Å²) in [4.78, 5) is 0. The Hall–Kier alpha value is -0.860. The number of nitrogens with one attached hydrogen (secondary N) is 2. The molecule has 1 aromatic rings. The Kier molecular flexibility index (Phi) is 3.08. The lowest BCUT2D eigenvalue weighted by molar-refractivity contribution is 0.402. The molecule has 1 fully saturated rings. The first-order valence-electron chi connectivity index (χ1n) is 5.25. The number of piperidine rings is 1. The molecule has 3 heteroatoms. The van der Waals surface area contributed by atoms with E-state index in [1.807, 2.05) is 24.3 Å². The first-order chi connectivity index (χ1) is 7.27. The van der Waals surface area contributed by atoms with E-state index in [-0.39, 0.29) is 5.41 Å². The second kappa shape index (κ2) is 4.33. The van der Waals surface area contributed by atoms with Gasteiger partial charge in [-0.3, -0.25) is 0 Å². The first kappa shape index (κ1) is 10.7. The molecule has 0 amide bonds. The molecule has 80 valence electrons. The van der Waals surface area contributed by atoms with Gasteiger partial charge in [-0.1, -0.05) is 23.7 Å². The van der Waals surface area contributed by atoms with E-state index in [1.165, 1.54) is 5.56 Å². The maximum Gasteiger partial charge on any atom is 0.0406 e. The molecule has 0 aliphatic carbocycles. The van der Waals surface area contributed by atoms with Gasteiger partial charge in [-0.05, 0) is 43.6 Å². The molecule has 1 aromatic carbocycles. The van der Waals surface area contributed by atoms with Gasteiger partial charge in [0.25, 0.3) is 0 Å². The molecular formula is C12H15ClN2. The summed E-state index contributed by atoms with van der Waals surface area (Å²) in [5.74, 6) is 0. The minimum Gasteiger partial charge on any atom is -0.317 e. The van der Waals surface area contributed by atoms with E-state index >= 15 is 0 Å². The highest BCUT2D eigenvalue weighted by Crippen LogP contribution is 2.31. The Labute approximate surface area is 95.2 Å². The van der Waals surface area contributed by atoms with Crippen molar-refractivity contribution in [3.05, 3.63) is 34.9 Å². The number of hydrogen-bond donors (Lipinski definition) is 2. The molecule has 1 aliphatic rings. The summed E-state index contributed by atoms with van der Waals surface area (Å²) in [6, 6.07) is 7.89. The van der Waals surface area contributed by atoms with Crippen molar-refractivity contribution in [3.63, 3.8) is 0 Å². The molecule has 15 heavy (non-hydrogen) atoms. The van der Waals surface area contributed by atoms with Gasteiger partial charge in [0.2, 0.25) is 0 Å². The third kappa shape index (κ3) is 2.06. The quantitative estimate of drug-likeness (QED) is 0.742. The zero-order valence-corrected chi connectivity index (χ0v) is 9.35. The Bertz CT molecular complexity index is 339. The first-order valence-corrected chi connectivity index (χ1v) is 5.63. The molecule has 0 atom stereocenters. The Morgan fingerprint density at radius 1 is 1.20 bits per heavy atom. The molecule has 0 saturated carbocycles. The topological polar surface area (TPSA) is 35.9 Å². The maximum atomic E-state index is 7.65. The van der Waals surface area contributed by atoms with Crippen LogP contribution in [0.25, 0.3) is 0 Å². The van der Waals surface area contributed by atoms with Crippen LogP contribution in [-0.2, 0) is 5.41 Å². The SMILES string of the molecule is N=CC1(c2ccc(Cl)cc2)CCNCC1. The van der Waals surface area contributed by atoms with Crippen LogP contribution in [0.1, 0.15) is 18.4 Å². The molecule has 0 spiro atoms. The Morgan fingerprint density at radius 3 is 2.33 bits per heavy atom. The average molecular weight is 223 g/mol. The van der Waals surface area contributed by atoms with Crippen LogP contribution in [0.2, 0.25) is 5.02 Å². The van der Waals surface area contributed by atoms with Crippen molar-refractivity contribution in [3.8, 4) is 0 Å². The summed E-state index contributed by atoms with van der Waals surface area (Å²) in [6.45, 7) is 1.97. The third-order valence-corrected chi connectivity index (χ3v) is 3.44. The molecule has 2 N–H and O–H groups in total. The largest absolute Gasteiger partial charge is 0.317 e. The molecule has 2 nitrogen and oxygen atoms in total. The lowest BCUT2D eigenvalue weighted by atomic mass is 9.74. The van der Waals surface area contributed by atoms with E-state index in [9.17, 15) is 0 Å². The van der Waals surface area contributed by atoms with Crippen LogP contribution in [-0.4, -0.2) is 19.3 Å². The standard InChI is InChI=1S/C12H15ClN2/c13-11-3-1-10(2-4-11)12(9-14)5-7-15-8-6-12/h1-4,9,14-15H,5-8H2. The predicted octanol–water partition coefficient (Wildman–Crippen LogP) is 2.61. The smallest absolute Gasteiger partial charge is 0.0406 e. The summed E-state index contributed by atoms with van der Waals surface area (Å²) in [5, 5.41) is 11.7. The van der Waals surface area contributed by atoms with Crippen molar-refractivity contribution >= 4 is 17.8 Å². The molecule has 0 unspecified atom stereocenters. The number of halogens is 1. The van der Waals surface area contributed by atoms with Crippen LogP contribution in [0.4, 0.5) is 0 Å². The molecule has 1 saturated heterocycles. The summed E-state index contributed by atoms with van der Waals surface area (Å²) in [6.07, 6.45) is 3.59. The minimum atomic E-state index is -0.0736. The van der Waals surface area contributed by atoms with Gasteiger partial charge in [-0.25, -0.2) is 0 Å². The summed E-state index contributed by atoms with van der Waals surface area (Å²) in [5.41, 5.74) is 1.14. The van der Waals surface area contributed by atoms with E-state index in [1.54, 1.807) is 6.21 Å². The van der Waals surface area contributed by atoms with Crippen LogP contribution in [0.15, 0.2) is 24.3 Å². The molecule has 0 bridgehead atoms. The summed E-state index contributed by atoms with van der Waals surface area (Å²) in [7, 11) is 0. The molecule has 2 rings (SSSR count). The zero-order chi connectivity index (χ0) is 10.7. The van der Waals surface area contributed by atoms with E-state index < -0.39 is 0 Å². The van der Waals surface area contributed by atoms with Crippen molar-refractivity contribution in [2.75, 3.05) is 13.1 Å². The van der Waals surface area contributed by atoms with E-state index in [0.717, 1.165) is 31.0 Å². The predicted molar refractivity (Wildman–Crippen MR) is 64.0 cm³/mol. The zero-order valence-electron chi connectivity index (χ0n) is 8.59. The molecule has 0 radical (unpaired) electrons. The van der Waals surface area contributed by atoms with Crippen molar-refractivity contribution in [2.45, 2.75) is 18.3 Å². The Balaban J connectivity index is 2.32. The van der Waals surface area contributed by atoms with E-state index in [4.69, 9.17) is 17.0 Å². The van der Waals surface area contributed by atoms with Crippen LogP contribution in [0.5, 0.6) is 0 Å². The second-order valence-corrected chi connectivity index (χ2v) is 4.49. The number of hydrogen-bond acceptors (Lipinski definition) is 2. The molecule has 1 aliphatic heterocycles. The van der Waals surface area contributed by atoms with Gasteiger partial charge in [0.1, 0.15) is 0 Å². The number of benzene rings is 1. The van der Waals surface area contributed by atoms with Crippen molar-refractivity contribution in [1.29, 1.82) is 5.41 Å². The highest BCUT2D eigenvalue weighted by molar-refractivity contribution is 6.30. The molecular weight excluding hydrogens is 208 g/mol. The average Bonchev–Trinajstić information content (AvgIpc) is 2.31. The van der Waals surface area contributed by atoms with E-state index in [0.29, 0.717) is 0 Å². The fraction of sp³-hybridized carbons (Fsp3) is 0.417. The lowest BCUT2D eigenvalue weighted by Crippen LogP contribution is -2.40. The second-order valence-electron chi connectivity index (χ2n) is 4.06. The van der Waals surface area contributed by atoms with Gasteiger partial charge in [-0.2, -0.15) is 0 Å². The Morgan fingerprint density at radius 2 is 1.80 bits per heavy atom. The van der Waals surface area contributed by atoms with Crippen molar-refractivity contribution in [2.24, 2.45) is 0 Å². The van der Waals surface area contributed by atoms with Crippen LogP contribution in [0, 0.1) is 5.41 Å². The van der Waals surface area contributed by atoms with Gasteiger partial charge >= 0.3 is 0 Å². The monoisotopic (exact) mass is 222 g/mol. The minimum absolute atomic E-state index is 0.0736. The van der Waals surface area contributed by atoms with Gasteiger partial charge in [0.15, 0.2) is 0 Å². The van der Waals surface area contributed by atoms with Crippen LogP contribution < -0.4 is 5.32 Å². The summed E-state index contributed by atoms with van der Waals surface area (Å²) < 4.78 is 0. The molecule has 1 heterocycles. The lowest BCUT2D eigenvalue weighted by Gasteiger charge is -2.34. The van der Waals surface area contributed by atoms with Gasteiger partial charge < -0.3 is 10.7 Å².